The van der Waals surface area contributed by atoms with Crippen LogP contribution in [-0.4, -0.2) is 49.3 Å². The van der Waals surface area contributed by atoms with E-state index in [-0.39, 0.29) is 0 Å². The number of carboxylic acid groups (broad SMARTS) is 1. The van der Waals surface area contributed by atoms with Gasteiger partial charge < -0.3 is 9.84 Å². The summed E-state index contributed by atoms with van der Waals surface area (Å²) in [4.78, 5) is 13.7. The largest absolute Gasteiger partial charge is 0.481 e. The molecule has 0 saturated carbocycles. The summed E-state index contributed by atoms with van der Waals surface area (Å²) in [5.74, 6) is -0.152. The van der Waals surface area contributed by atoms with Crippen molar-refractivity contribution >= 4 is 5.97 Å². The van der Waals surface area contributed by atoms with Gasteiger partial charge in [0.2, 0.25) is 0 Å². The predicted octanol–water partition coefficient (Wildman–Crippen LogP) is 2.48. The third kappa shape index (κ3) is 5.36. The summed E-state index contributed by atoms with van der Waals surface area (Å²) >= 11 is 0. The van der Waals surface area contributed by atoms with Gasteiger partial charge in [0.15, 0.2) is 0 Å². The zero-order valence-electron chi connectivity index (χ0n) is 12.5. The van der Waals surface area contributed by atoms with Crippen LogP contribution in [0.3, 0.4) is 0 Å². The van der Waals surface area contributed by atoms with E-state index < -0.39 is 11.4 Å². The number of nitrogens with zero attached hydrogens (tertiary/aromatic N) is 1. The molecule has 0 fully saturated rings. The molecule has 0 aromatic rings. The van der Waals surface area contributed by atoms with E-state index in [0.29, 0.717) is 31.9 Å². The van der Waals surface area contributed by atoms with Crippen molar-refractivity contribution in [3.8, 4) is 0 Å². The van der Waals surface area contributed by atoms with Gasteiger partial charge in [-0.1, -0.05) is 27.7 Å². The minimum absolute atomic E-state index is 0.530. The van der Waals surface area contributed by atoms with Crippen molar-refractivity contribution in [2.75, 3.05) is 33.4 Å². The third-order valence-electron chi connectivity index (χ3n) is 3.57. The fourth-order valence-electron chi connectivity index (χ4n) is 2.24. The molecular formula is C14H29NO3. The van der Waals surface area contributed by atoms with Crippen molar-refractivity contribution < 1.29 is 14.6 Å². The SMILES string of the molecule is CCC(CC)(CN(CCOC)CC(C)C)C(=O)O. The lowest BCUT2D eigenvalue weighted by Gasteiger charge is -2.34. The van der Waals surface area contributed by atoms with E-state index in [4.69, 9.17) is 4.74 Å². The van der Waals surface area contributed by atoms with Crippen LogP contribution < -0.4 is 0 Å². The molecule has 0 rings (SSSR count). The summed E-state index contributed by atoms with van der Waals surface area (Å²) in [5.41, 5.74) is -0.622. The highest BCUT2D eigenvalue weighted by Crippen LogP contribution is 2.28. The van der Waals surface area contributed by atoms with Crippen molar-refractivity contribution in [1.29, 1.82) is 0 Å². The predicted molar refractivity (Wildman–Crippen MR) is 73.8 cm³/mol. The molecule has 108 valence electrons. The average Bonchev–Trinajstić information content (AvgIpc) is 2.31. The lowest BCUT2D eigenvalue weighted by atomic mass is 9.81. The van der Waals surface area contributed by atoms with Gasteiger partial charge >= 0.3 is 5.97 Å². The average molecular weight is 259 g/mol. The van der Waals surface area contributed by atoms with Crippen LogP contribution in [0.5, 0.6) is 0 Å². The molecule has 0 amide bonds. The van der Waals surface area contributed by atoms with Crippen molar-refractivity contribution in [2.24, 2.45) is 11.3 Å². The van der Waals surface area contributed by atoms with Crippen molar-refractivity contribution in [2.45, 2.75) is 40.5 Å². The molecule has 0 heterocycles. The van der Waals surface area contributed by atoms with E-state index in [1.54, 1.807) is 7.11 Å². The van der Waals surface area contributed by atoms with E-state index in [1.165, 1.54) is 0 Å². The van der Waals surface area contributed by atoms with E-state index in [1.807, 2.05) is 13.8 Å². The molecule has 0 aromatic heterocycles. The highest BCUT2D eigenvalue weighted by atomic mass is 16.5. The molecule has 4 heteroatoms. The monoisotopic (exact) mass is 259 g/mol. The molecule has 0 unspecified atom stereocenters. The molecule has 0 aliphatic heterocycles. The van der Waals surface area contributed by atoms with Crippen molar-refractivity contribution in [3.63, 3.8) is 0 Å². The Morgan fingerprint density at radius 1 is 1.33 bits per heavy atom. The van der Waals surface area contributed by atoms with Crippen LogP contribution in [0.2, 0.25) is 0 Å². The number of ether oxygens (including phenoxy) is 1. The van der Waals surface area contributed by atoms with Crippen LogP contribution >= 0.6 is 0 Å². The quantitative estimate of drug-likeness (QED) is 0.655. The molecule has 0 radical (unpaired) electrons. The number of carbonyl (C=O) groups is 1. The van der Waals surface area contributed by atoms with Crippen LogP contribution in [-0.2, 0) is 9.53 Å². The van der Waals surface area contributed by atoms with Gasteiger partial charge in [0.25, 0.3) is 0 Å². The van der Waals surface area contributed by atoms with E-state index >= 15 is 0 Å². The maximum atomic E-state index is 11.5. The molecule has 0 aliphatic carbocycles. The van der Waals surface area contributed by atoms with Gasteiger partial charge in [-0.05, 0) is 18.8 Å². The van der Waals surface area contributed by atoms with Crippen LogP contribution in [0, 0.1) is 11.3 Å². The standard InChI is InChI=1S/C14H29NO3/c1-6-14(7-2,13(16)17)11-15(8-9-18-5)10-12(3)4/h12H,6-11H2,1-5H3,(H,16,17). The first-order chi connectivity index (χ1) is 8.41. The number of rotatable bonds is 10. The number of aliphatic carboxylic acids is 1. The maximum absolute atomic E-state index is 11.5. The summed E-state index contributed by atoms with van der Waals surface area (Å²) in [5, 5.41) is 9.47. The third-order valence-corrected chi connectivity index (χ3v) is 3.57. The second-order valence-electron chi connectivity index (χ2n) is 5.41. The van der Waals surface area contributed by atoms with E-state index in [0.717, 1.165) is 13.1 Å². The Morgan fingerprint density at radius 3 is 2.22 bits per heavy atom. The second kappa shape index (κ2) is 8.48. The number of carboxylic acids is 1. The first kappa shape index (κ1) is 17.4. The summed E-state index contributed by atoms with van der Waals surface area (Å²) in [6.45, 7) is 11.2. The minimum Gasteiger partial charge on any atom is -0.481 e. The molecule has 0 atom stereocenters. The molecule has 0 aliphatic rings. The van der Waals surface area contributed by atoms with E-state index in [9.17, 15) is 9.90 Å². The summed E-state index contributed by atoms with van der Waals surface area (Å²) < 4.78 is 5.11. The van der Waals surface area contributed by atoms with Crippen molar-refractivity contribution in [1.82, 2.24) is 4.90 Å². The molecular weight excluding hydrogens is 230 g/mol. The Morgan fingerprint density at radius 2 is 1.89 bits per heavy atom. The Kier molecular flexibility index (Phi) is 8.20. The minimum atomic E-state index is -0.682. The summed E-state index contributed by atoms with van der Waals surface area (Å²) in [6, 6.07) is 0. The number of hydrogen-bond donors (Lipinski definition) is 1. The van der Waals surface area contributed by atoms with Gasteiger partial charge in [-0.2, -0.15) is 0 Å². The van der Waals surface area contributed by atoms with Gasteiger partial charge in [-0.15, -0.1) is 0 Å². The van der Waals surface area contributed by atoms with Crippen molar-refractivity contribution in [3.05, 3.63) is 0 Å². The molecule has 0 spiro atoms. The Balaban J connectivity index is 4.73. The first-order valence-corrected chi connectivity index (χ1v) is 6.86. The summed E-state index contributed by atoms with van der Waals surface area (Å²) in [7, 11) is 1.68. The van der Waals surface area contributed by atoms with Gasteiger partial charge in [0, 0.05) is 26.7 Å². The second-order valence-corrected chi connectivity index (χ2v) is 5.41. The Labute approximate surface area is 111 Å². The van der Waals surface area contributed by atoms with Gasteiger partial charge in [0.1, 0.15) is 0 Å². The number of hydrogen-bond acceptors (Lipinski definition) is 3. The summed E-state index contributed by atoms with van der Waals surface area (Å²) in [6.07, 6.45) is 1.33. The highest BCUT2D eigenvalue weighted by molar-refractivity contribution is 5.74. The fraction of sp³-hybridized carbons (Fsp3) is 0.929. The molecule has 0 saturated heterocycles. The molecule has 1 N–H and O–H groups in total. The van der Waals surface area contributed by atoms with Gasteiger partial charge in [-0.25, -0.2) is 0 Å². The molecule has 4 nitrogen and oxygen atoms in total. The molecule has 0 bridgehead atoms. The van der Waals surface area contributed by atoms with Crippen LogP contribution in [0.4, 0.5) is 0 Å². The highest BCUT2D eigenvalue weighted by Gasteiger charge is 2.36. The smallest absolute Gasteiger partial charge is 0.310 e. The van der Waals surface area contributed by atoms with E-state index in [2.05, 4.69) is 18.7 Å². The zero-order chi connectivity index (χ0) is 14.2. The molecule has 0 aromatic carbocycles. The Bertz CT molecular complexity index is 237. The first-order valence-electron chi connectivity index (χ1n) is 6.86. The lowest BCUT2D eigenvalue weighted by molar-refractivity contribution is -0.151. The van der Waals surface area contributed by atoms with Gasteiger partial charge in [-0.3, -0.25) is 9.69 Å². The normalized spacial score (nSPS) is 12.4. The zero-order valence-corrected chi connectivity index (χ0v) is 12.5. The van der Waals surface area contributed by atoms with Crippen LogP contribution in [0.15, 0.2) is 0 Å². The maximum Gasteiger partial charge on any atom is 0.310 e. The number of methoxy groups -OCH3 is 1. The van der Waals surface area contributed by atoms with Crippen LogP contribution in [0.1, 0.15) is 40.5 Å². The van der Waals surface area contributed by atoms with Gasteiger partial charge in [0.05, 0.1) is 12.0 Å². The lowest BCUT2D eigenvalue weighted by Crippen LogP contribution is -2.44. The Hall–Kier alpha value is -0.610. The van der Waals surface area contributed by atoms with Crippen LogP contribution in [0.25, 0.3) is 0 Å². The fourth-order valence-corrected chi connectivity index (χ4v) is 2.24. The molecule has 18 heavy (non-hydrogen) atoms. The topological polar surface area (TPSA) is 49.8 Å².